The highest BCUT2D eigenvalue weighted by Crippen LogP contribution is 2.34. The second kappa shape index (κ2) is 6.12. The number of benzene rings is 1. The molecule has 0 saturated heterocycles. The predicted molar refractivity (Wildman–Crippen MR) is 88.9 cm³/mol. The SMILES string of the molecule is Cc1ccc(-c2nc(NN)cc(C3CCCC3)n2)cc1Br. The number of aromatic nitrogens is 2. The molecule has 3 rings (SSSR count). The Kier molecular flexibility index (Phi) is 4.22. The van der Waals surface area contributed by atoms with E-state index in [0.29, 0.717) is 11.7 Å². The lowest BCUT2D eigenvalue weighted by Crippen LogP contribution is -2.11. The van der Waals surface area contributed by atoms with E-state index in [0.717, 1.165) is 21.6 Å². The first kappa shape index (κ1) is 14.5. The van der Waals surface area contributed by atoms with Crippen molar-refractivity contribution >= 4 is 21.7 Å². The predicted octanol–water partition coefficient (Wildman–Crippen LogP) is 4.16. The van der Waals surface area contributed by atoms with Crippen LogP contribution >= 0.6 is 15.9 Å². The Bertz CT molecular complexity index is 651. The fourth-order valence-corrected chi connectivity index (χ4v) is 3.21. The summed E-state index contributed by atoms with van der Waals surface area (Å²) in [4.78, 5) is 9.27. The number of aryl methyl sites for hydroxylation is 1. The maximum atomic E-state index is 5.57. The Balaban J connectivity index is 2.04. The number of nitrogens with two attached hydrogens (primary N) is 1. The summed E-state index contributed by atoms with van der Waals surface area (Å²) in [5, 5.41) is 0. The molecule has 21 heavy (non-hydrogen) atoms. The molecular weight excluding hydrogens is 328 g/mol. The summed E-state index contributed by atoms with van der Waals surface area (Å²) in [6.45, 7) is 2.07. The van der Waals surface area contributed by atoms with Crippen LogP contribution in [-0.2, 0) is 0 Å². The second-order valence-corrected chi connectivity index (χ2v) is 6.45. The summed E-state index contributed by atoms with van der Waals surface area (Å²) in [5.74, 6) is 7.51. The van der Waals surface area contributed by atoms with Crippen molar-refractivity contribution in [2.75, 3.05) is 5.43 Å². The minimum Gasteiger partial charge on any atom is -0.308 e. The zero-order valence-corrected chi connectivity index (χ0v) is 13.7. The zero-order valence-electron chi connectivity index (χ0n) is 12.1. The maximum Gasteiger partial charge on any atom is 0.161 e. The van der Waals surface area contributed by atoms with E-state index in [4.69, 9.17) is 10.8 Å². The van der Waals surface area contributed by atoms with Crippen molar-refractivity contribution in [1.29, 1.82) is 0 Å². The fraction of sp³-hybridized carbons (Fsp3) is 0.375. The van der Waals surface area contributed by atoms with Gasteiger partial charge in [0.15, 0.2) is 5.82 Å². The summed E-state index contributed by atoms with van der Waals surface area (Å²) in [5.41, 5.74) is 5.96. The van der Waals surface area contributed by atoms with Crippen LogP contribution < -0.4 is 11.3 Å². The molecule has 3 N–H and O–H groups in total. The number of nitrogen functional groups attached to an aromatic ring is 1. The second-order valence-electron chi connectivity index (χ2n) is 5.59. The van der Waals surface area contributed by atoms with Crippen molar-refractivity contribution in [1.82, 2.24) is 9.97 Å². The Morgan fingerprint density at radius 2 is 1.95 bits per heavy atom. The van der Waals surface area contributed by atoms with Crippen LogP contribution in [0.2, 0.25) is 0 Å². The van der Waals surface area contributed by atoms with Gasteiger partial charge >= 0.3 is 0 Å². The van der Waals surface area contributed by atoms with E-state index in [1.165, 1.54) is 31.2 Å². The molecule has 5 heteroatoms. The van der Waals surface area contributed by atoms with Gasteiger partial charge in [-0.05, 0) is 31.4 Å². The molecule has 0 bridgehead atoms. The summed E-state index contributed by atoms with van der Waals surface area (Å²) in [7, 11) is 0. The summed E-state index contributed by atoms with van der Waals surface area (Å²) in [6, 6.07) is 8.15. The molecular formula is C16H19BrN4. The molecule has 0 spiro atoms. The van der Waals surface area contributed by atoms with Gasteiger partial charge in [0.25, 0.3) is 0 Å². The van der Waals surface area contributed by atoms with E-state index in [1.807, 2.05) is 12.1 Å². The van der Waals surface area contributed by atoms with Gasteiger partial charge in [0.1, 0.15) is 5.82 Å². The molecule has 1 aliphatic rings. The molecule has 1 heterocycles. The third-order valence-corrected chi connectivity index (χ3v) is 4.95. The molecule has 0 atom stereocenters. The summed E-state index contributed by atoms with van der Waals surface area (Å²) < 4.78 is 1.07. The summed E-state index contributed by atoms with van der Waals surface area (Å²) >= 11 is 3.57. The highest BCUT2D eigenvalue weighted by molar-refractivity contribution is 9.10. The van der Waals surface area contributed by atoms with Gasteiger partial charge in [0.2, 0.25) is 0 Å². The number of hydrazine groups is 1. The normalized spacial score (nSPS) is 15.4. The van der Waals surface area contributed by atoms with Crippen LogP contribution in [0.1, 0.15) is 42.9 Å². The molecule has 0 radical (unpaired) electrons. The molecule has 1 aromatic heterocycles. The van der Waals surface area contributed by atoms with Crippen molar-refractivity contribution in [3.63, 3.8) is 0 Å². The van der Waals surface area contributed by atoms with E-state index in [9.17, 15) is 0 Å². The van der Waals surface area contributed by atoms with Crippen molar-refractivity contribution in [2.45, 2.75) is 38.5 Å². The first-order valence-electron chi connectivity index (χ1n) is 7.29. The highest BCUT2D eigenvalue weighted by atomic mass is 79.9. The smallest absolute Gasteiger partial charge is 0.161 e. The molecule has 4 nitrogen and oxygen atoms in total. The third-order valence-electron chi connectivity index (χ3n) is 4.10. The number of hydrogen-bond donors (Lipinski definition) is 2. The van der Waals surface area contributed by atoms with Crippen LogP contribution in [0.5, 0.6) is 0 Å². The number of hydrogen-bond acceptors (Lipinski definition) is 4. The molecule has 1 fully saturated rings. The lowest BCUT2D eigenvalue weighted by atomic mass is 10.0. The van der Waals surface area contributed by atoms with E-state index < -0.39 is 0 Å². The Labute approximate surface area is 133 Å². The molecule has 0 aliphatic heterocycles. The fourth-order valence-electron chi connectivity index (χ4n) is 2.83. The molecule has 1 aliphatic carbocycles. The molecule has 0 unspecified atom stereocenters. The number of anilines is 1. The highest BCUT2D eigenvalue weighted by Gasteiger charge is 2.20. The van der Waals surface area contributed by atoms with E-state index in [2.05, 4.69) is 45.4 Å². The first-order chi connectivity index (χ1) is 10.2. The first-order valence-corrected chi connectivity index (χ1v) is 8.09. The molecule has 1 aromatic carbocycles. The van der Waals surface area contributed by atoms with Crippen LogP contribution in [0, 0.1) is 6.92 Å². The number of halogens is 1. The van der Waals surface area contributed by atoms with Crippen molar-refractivity contribution in [2.24, 2.45) is 5.84 Å². The van der Waals surface area contributed by atoms with E-state index in [-0.39, 0.29) is 0 Å². The van der Waals surface area contributed by atoms with Crippen molar-refractivity contribution < 1.29 is 0 Å². The van der Waals surface area contributed by atoms with Crippen LogP contribution in [0.15, 0.2) is 28.7 Å². The van der Waals surface area contributed by atoms with Crippen LogP contribution in [0.4, 0.5) is 5.82 Å². The number of nitrogens with one attached hydrogen (secondary N) is 1. The average Bonchev–Trinajstić information content (AvgIpc) is 3.04. The molecule has 1 saturated carbocycles. The Morgan fingerprint density at radius 3 is 2.62 bits per heavy atom. The third kappa shape index (κ3) is 3.09. The molecule has 0 amide bonds. The van der Waals surface area contributed by atoms with Gasteiger partial charge in [0.05, 0.1) is 0 Å². The van der Waals surface area contributed by atoms with Gasteiger partial charge in [-0.1, -0.05) is 40.9 Å². The monoisotopic (exact) mass is 346 g/mol. The van der Waals surface area contributed by atoms with Gasteiger partial charge in [-0.2, -0.15) is 0 Å². The van der Waals surface area contributed by atoms with Gasteiger partial charge in [-0.3, -0.25) is 0 Å². The van der Waals surface area contributed by atoms with Crippen LogP contribution in [0.25, 0.3) is 11.4 Å². The topological polar surface area (TPSA) is 63.8 Å². The minimum absolute atomic E-state index is 0.535. The zero-order chi connectivity index (χ0) is 14.8. The van der Waals surface area contributed by atoms with Crippen LogP contribution in [0.3, 0.4) is 0 Å². The number of rotatable bonds is 3. The van der Waals surface area contributed by atoms with Gasteiger partial charge < -0.3 is 5.43 Å². The van der Waals surface area contributed by atoms with Gasteiger partial charge in [-0.25, -0.2) is 15.8 Å². The lowest BCUT2D eigenvalue weighted by Gasteiger charge is -2.12. The molecule has 110 valence electrons. The Morgan fingerprint density at radius 1 is 1.19 bits per heavy atom. The Hall–Kier alpha value is -1.46. The van der Waals surface area contributed by atoms with E-state index >= 15 is 0 Å². The summed E-state index contributed by atoms with van der Waals surface area (Å²) in [6.07, 6.45) is 4.98. The van der Waals surface area contributed by atoms with Crippen molar-refractivity contribution in [3.05, 3.63) is 40.0 Å². The quantitative estimate of drug-likeness (QED) is 0.646. The maximum absolute atomic E-state index is 5.57. The van der Waals surface area contributed by atoms with Gasteiger partial charge in [0, 0.05) is 27.7 Å². The lowest BCUT2D eigenvalue weighted by molar-refractivity contribution is 0.695. The molecule has 2 aromatic rings. The van der Waals surface area contributed by atoms with E-state index in [1.54, 1.807) is 0 Å². The minimum atomic E-state index is 0.535. The average molecular weight is 347 g/mol. The van der Waals surface area contributed by atoms with Gasteiger partial charge in [-0.15, -0.1) is 0 Å². The van der Waals surface area contributed by atoms with Crippen molar-refractivity contribution in [3.8, 4) is 11.4 Å². The standard InChI is InChI=1S/C16H19BrN4/c1-10-6-7-12(8-13(10)17)16-19-14(9-15(20-16)21-18)11-4-2-3-5-11/h6-9,11H,2-5,18H2,1H3,(H,19,20,21). The largest absolute Gasteiger partial charge is 0.308 e. The van der Waals surface area contributed by atoms with Crippen LogP contribution in [-0.4, -0.2) is 9.97 Å². The number of nitrogens with zero attached hydrogens (tertiary/aromatic N) is 2.